The second-order valence-electron chi connectivity index (χ2n) is 3.76. The number of hydrogen-bond donors (Lipinski definition) is 1. The molecule has 0 aliphatic rings. The quantitative estimate of drug-likeness (QED) is 0.616. The standard InChI is InChI=1S/C9H10O3.C6H14O2/c1-2-12-9-5-7(6-10)3-4-8(9)11;1-4-7-6(3)8-5-2/h3-6,11H,2H2,1H3;6H,4-5H2,1-3H3. The highest BCUT2D eigenvalue weighted by Gasteiger charge is 2.01. The Bertz CT molecular complexity index is 373. The first-order valence-corrected chi connectivity index (χ1v) is 6.73. The molecule has 0 heterocycles. The summed E-state index contributed by atoms with van der Waals surface area (Å²) in [5.41, 5.74) is 0.497. The molecule has 0 radical (unpaired) electrons. The van der Waals surface area contributed by atoms with Gasteiger partial charge in [-0.25, -0.2) is 0 Å². The van der Waals surface area contributed by atoms with Gasteiger partial charge in [-0.2, -0.15) is 0 Å². The van der Waals surface area contributed by atoms with E-state index in [4.69, 9.17) is 14.2 Å². The molecular weight excluding hydrogens is 260 g/mol. The molecule has 5 nitrogen and oxygen atoms in total. The normalized spacial score (nSPS) is 9.85. The van der Waals surface area contributed by atoms with E-state index in [1.165, 1.54) is 18.2 Å². The summed E-state index contributed by atoms with van der Waals surface area (Å²) in [6.07, 6.45) is 0.673. The van der Waals surface area contributed by atoms with Crippen molar-refractivity contribution in [3.05, 3.63) is 23.8 Å². The van der Waals surface area contributed by atoms with E-state index in [1.807, 2.05) is 27.7 Å². The van der Waals surface area contributed by atoms with Gasteiger partial charge in [0.15, 0.2) is 17.8 Å². The van der Waals surface area contributed by atoms with Gasteiger partial charge in [0.1, 0.15) is 6.29 Å². The van der Waals surface area contributed by atoms with Crippen LogP contribution in [0.4, 0.5) is 0 Å². The van der Waals surface area contributed by atoms with Crippen molar-refractivity contribution in [2.45, 2.75) is 34.0 Å². The first kappa shape index (κ1) is 18.4. The van der Waals surface area contributed by atoms with Gasteiger partial charge < -0.3 is 19.3 Å². The molecule has 0 saturated heterocycles. The van der Waals surface area contributed by atoms with Crippen LogP contribution in [0, 0.1) is 0 Å². The third-order valence-electron chi connectivity index (χ3n) is 2.22. The fraction of sp³-hybridized carbons (Fsp3) is 0.533. The topological polar surface area (TPSA) is 65.0 Å². The first-order chi connectivity index (χ1) is 9.58. The zero-order valence-corrected chi connectivity index (χ0v) is 12.6. The summed E-state index contributed by atoms with van der Waals surface area (Å²) in [6, 6.07) is 4.48. The van der Waals surface area contributed by atoms with Crippen LogP contribution in [0.3, 0.4) is 0 Å². The Morgan fingerprint density at radius 1 is 1.15 bits per heavy atom. The largest absolute Gasteiger partial charge is 0.504 e. The second kappa shape index (κ2) is 11.3. The van der Waals surface area contributed by atoms with E-state index in [2.05, 4.69) is 0 Å². The molecule has 0 spiro atoms. The maximum atomic E-state index is 10.3. The lowest BCUT2D eigenvalue weighted by molar-refractivity contribution is -0.123. The van der Waals surface area contributed by atoms with Crippen LogP contribution < -0.4 is 4.74 Å². The van der Waals surface area contributed by atoms with Crippen molar-refractivity contribution in [2.75, 3.05) is 19.8 Å². The van der Waals surface area contributed by atoms with Crippen molar-refractivity contribution in [1.29, 1.82) is 0 Å². The summed E-state index contributed by atoms with van der Waals surface area (Å²) < 4.78 is 15.2. The van der Waals surface area contributed by atoms with E-state index in [1.54, 1.807) is 0 Å². The lowest BCUT2D eigenvalue weighted by atomic mass is 10.2. The van der Waals surface area contributed by atoms with Crippen molar-refractivity contribution in [1.82, 2.24) is 0 Å². The van der Waals surface area contributed by atoms with E-state index in [-0.39, 0.29) is 12.0 Å². The highest BCUT2D eigenvalue weighted by Crippen LogP contribution is 2.25. The number of carbonyl (C=O) groups is 1. The summed E-state index contributed by atoms with van der Waals surface area (Å²) in [5.74, 6) is 0.407. The molecule has 1 N–H and O–H groups in total. The van der Waals surface area contributed by atoms with Crippen LogP contribution in [0.5, 0.6) is 11.5 Å². The molecule has 0 aliphatic heterocycles. The molecule has 20 heavy (non-hydrogen) atoms. The van der Waals surface area contributed by atoms with Crippen LogP contribution >= 0.6 is 0 Å². The summed E-state index contributed by atoms with van der Waals surface area (Å²) >= 11 is 0. The Morgan fingerprint density at radius 2 is 1.75 bits per heavy atom. The van der Waals surface area contributed by atoms with E-state index in [0.717, 1.165) is 13.2 Å². The summed E-state index contributed by atoms with van der Waals surface area (Å²) in [6.45, 7) is 9.53. The Kier molecular flexibility index (Phi) is 10.4. The number of hydrogen-bond acceptors (Lipinski definition) is 5. The minimum atomic E-state index is -0.0370. The molecule has 0 amide bonds. The van der Waals surface area contributed by atoms with Crippen LogP contribution in [0.25, 0.3) is 0 Å². The van der Waals surface area contributed by atoms with Crippen LogP contribution in [0.1, 0.15) is 38.1 Å². The Morgan fingerprint density at radius 3 is 2.20 bits per heavy atom. The summed E-state index contributed by atoms with van der Waals surface area (Å²) in [7, 11) is 0. The second-order valence-corrected chi connectivity index (χ2v) is 3.76. The maximum absolute atomic E-state index is 10.3. The predicted molar refractivity (Wildman–Crippen MR) is 77.4 cm³/mol. The first-order valence-electron chi connectivity index (χ1n) is 6.73. The smallest absolute Gasteiger partial charge is 0.161 e. The lowest BCUT2D eigenvalue weighted by Crippen LogP contribution is -2.11. The zero-order chi connectivity index (χ0) is 15.4. The Balaban J connectivity index is 0.000000396. The molecule has 114 valence electrons. The maximum Gasteiger partial charge on any atom is 0.161 e. The van der Waals surface area contributed by atoms with E-state index < -0.39 is 0 Å². The zero-order valence-electron chi connectivity index (χ0n) is 12.6. The lowest BCUT2D eigenvalue weighted by Gasteiger charge is -2.09. The van der Waals surface area contributed by atoms with Gasteiger partial charge in [-0.05, 0) is 45.9 Å². The van der Waals surface area contributed by atoms with Gasteiger partial charge in [0, 0.05) is 18.8 Å². The number of aldehydes is 1. The van der Waals surface area contributed by atoms with Gasteiger partial charge in [-0.3, -0.25) is 4.79 Å². The molecule has 0 atom stereocenters. The van der Waals surface area contributed by atoms with Gasteiger partial charge >= 0.3 is 0 Å². The SMILES string of the molecule is CCOC(C)OCC.CCOc1cc(C=O)ccc1O. The number of phenolic OH excluding ortho intramolecular Hbond substituents is 1. The fourth-order valence-corrected chi connectivity index (χ4v) is 1.39. The van der Waals surface area contributed by atoms with Crippen molar-refractivity contribution < 1.29 is 24.1 Å². The minimum absolute atomic E-state index is 0.0370. The predicted octanol–water partition coefficient (Wildman–Crippen LogP) is 3.01. The molecule has 0 saturated carbocycles. The summed E-state index contributed by atoms with van der Waals surface area (Å²) in [5, 5.41) is 9.22. The third-order valence-corrected chi connectivity index (χ3v) is 2.22. The van der Waals surface area contributed by atoms with E-state index >= 15 is 0 Å². The average molecular weight is 284 g/mol. The number of rotatable bonds is 7. The number of ether oxygens (including phenoxy) is 3. The number of aromatic hydroxyl groups is 1. The molecular formula is C15H24O5. The van der Waals surface area contributed by atoms with Crippen molar-refractivity contribution in [3.8, 4) is 11.5 Å². The minimum Gasteiger partial charge on any atom is -0.504 e. The number of benzene rings is 1. The van der Waals surface area contributed by atoms with Gasteiger partial charge in [0.05, 0.1) is 6.61 Å². The van der Waals surface area contributed by atoms with E-state index in [0.29, 0.717) is 24.2 Å². The molecule has 0 aliphatic carbocycles. The van der Waals surface area contributed by atoms with Crippen LogP contribution in [0.2, 0.25) is 0 Å². The fourth-order valence-electron chi connectivity index (χ4n) is 1.39. The molecule has 0 unspecified atom stereocenters. The molecule has 5 heteroatoms. The monoisotopic (exact) mass is 284 g/mol. The van der Waals surface area contributed by atoms with Crippen LogP contribution in [0.15, 0.2) is 18.2 Å². The van der Waals surface area contributed by atoms with Gasteiger partial charge in [0.2, 0.25) is 0 Å². The number of phenols is 1. The summed E-state index contributed by atoms with van der Waals surface area (Å²) in [4.78, 5) is 10.3. The highest BCUT2D eigenvalue weighted by atomic mass is 16.7. The molecule has 0 fully saturated rings. The van der Waals surface area contributed by atoms with Crippen LogP contribution in [-0.4, -0.2) is 37.5 Å². The van der Waals surface area contributed by atoms with Crippen LogP contribution in [-0.2, 0) is 9.47 Å². The third kappa shape index (κ3) is 7.76. The van der Waals surface area contributed by atoms with E-state index in [9.17, 15) is 9.90 Å². The van der Waals surface area contributed by atoms with Gasteiger partial charge in [-0.1, -0.05) is 0 Å². The Labute approximate surface area is 120 Å². The molecule has 1 rings (SSSR count). The molecule has 0 aromatic heterocycles. The molecule has 0 bridgehead atoms. The molecule has 1 aromatic carbocycles. The molecule has 1 aromatic rings. The number of carbonyl (C=O) groups excluding carboxylic acids is 1. The highest BCUT2D eigenvalue weighted by molar-refractivity contribution is 5.76. The van der Waals surface area contributed by atoms with Crippen molar-refractivity contribution in [2.24, 2.45) is 0 Å². The van der Waals surface area contributed by atoms with Crippen molar-refractivity contribution in [3.63, 3.8) is 0 Å². The average Bonchev–Trinajstić information content (AvgIpc) is 2.43. The van der Waals surface area contributed by atoms with Crippen molar-refractivity contribution >= 4 is 6.29 Å². The van der Waals surface area contributed by atoms with Gasteiger partial charge in [-0.15, -0.1) is 0 Å². The Hall–Kier alpha value is -1.59. The van der Waals surface area contributed by atoms with Gasteiger partial charge in [0.25, 0.3) is 0 Å².